The highest BCUT2D eigenvalue weighted by atomic mass is 32.2. The topological polar surface area (TPSA) is 83.6 Å². The Labute approximate surface area is 155 Å². The molecule has 1 atom stereocenters. The minimum atomic E-state index is -3.59. The van der Waals surface area contributed by atoms with E-state index in [1.165, 1.54) is 48.3 Å². The van der Waals surface area contributed by atoms with Crippen molar-refractivity contribution in [1.82, 2.24) is 9.62 Å². The summed E-state index contributed by atoms with van der Waals surface area (Å²) in [6.07, 6.45) is 3.43. The lowest BCUT2D eigenvalue weighted by atomic mass is 9.96. The maximum atomic E-state index is 12.8. The standard InChI is InChI=1S/C19H26N2O4S/c1-13(15-3-4-15)20-19(23)17-9-11-21(12-10-17)26(24,25)18-7-5-16(6-8-18)14(2)22/h5-8,13,15,17H,3-4,9-12H2,1-2H3,(H,20,23). The van der Waals surface area contributed by atoms with Crippen LogP contribution in [-0.2, 0) is 14.8 Å². The monoisotopic (exact) mass is 378 g/mol. The first kappa shape index (κ1) is 19.0. The fourth-order valence-electron chi connectivity index (χ4n) is 3.43. The molecular formula is C19H26N2O4S. The van der Waals surface area contributed by atoms with Gasteiger partial charge in [0.15, 0.2) is 5.78 Å². The zero-order valence-corrected chi connectivity index (χ0v) is 16.1. The van der Waals surface area contributed by atoms with Crippen molar-refractivity contribution in [3.63, 3.8) is 0 Å². The smallest absolute Gasteiger partial charge is 0.243 e. The third-order valence-corrected chi connectivity index (χ3v) is 7.34. The molecule has 142 valence electrons. The lowest BCUT2D eigenvalue weighted by molar-refractivity contribution is -0.126. The number of Topliss-reactive ketones (excluding diaryl/α,β-unsaturated/α-hetero) is 1. The molecule has 1 aliphatic heterocycles. The van der Waals surface area contributed by atoms with Gasteiger partial charge in [0.1, 0.15) is 0 Å². The number of nitrogens with zero attached hydrogens (tertiary/aromatic N) is 1. The van der Waals surface area contributed by atoms with E-state index in [2.05, 4.69) is 5.32 Å². The summed E-state index contributed by atoms with van der Waals surface area (Å²) < 4.78 is 27.0. The van der Waals surface area contributed by atoms with Crippen molar-refractivity contribution in [3.05, 3.63) is 29.8 Å². The van der Waals surface area contributed by atoms with Crippen LogP contribution in [0.1, 0.15) is 49.9 Å². The Morgan fingerprint density at radius 3 is 2.15 bits per heavy atom. The van der Waals surface area contributed by atoms with Crippen LogP contribution in [0.3, 0.4) is 0 Å². The van der Waals surface area contributed by atoms with Crippen LogP contribution >= 0.6 is 0 Å². The number of sulfonamides is 1. The summed E-state index contributed by atoms with van der Waals surface area (Å²) in [6.45, 7) is 4.17. The lowest BCUT2D eigenvalue weighted by Crippen LogP contribution is -2.45. The Morgan fingerprint density at radius 1 is 1.08 bits per heavy atom. The molecule has 0 spiro atoms. The molecule has 26 heavy (non-hydrogen) atoms. The summed E-state index contributed by atoms with van der Waals surface area (Å²) in [5.74, 6) is 0.439. The number of hydrogen-bond donors (Lipinski definition) is 1. The number of ketones is 1. The summed E-state index contributed by atoms with van der Waals surface area (Å²) in [5.41, 5.74) is 0.490. The Balaban J connectivity index is 1.59. The van der Waals surface area contributed by atoms with Gasteiger partial charge in [-0.1, -0.05) is 12.1 Å². The van der Waals surface area contributed by atoms with Crippen LogP contribution in [0, 0.1) is 11.8 Å². The molecule has 1 N–H and O–H groups in total. The fraction of sp³-hybridized carbons (Fsp3) is 0.579. The van der Waals surface area contributed by atoms with Crippen molar-refractivity contribution in [2.45, 2.75) is 50.5 Å². The molecule has 1 saturated heterocycles. The van der Waals surface area contributed by atoms with E-state index in [0.29, 0.717) is 37.4 Å². The lowest BCUT2D eigenvalue weighted by Gasteiger charge is -2.31. The molecule has 1 heterocycles. The molecular weight excluding hydrogens is 352 g/mol. The number of nitrogens with one attached hydrogen (secondary N) is 1. The fourth-order valence-corrected chi connectivity index (χ4v) is 4.90. The molecule has 1 aromatic carbocycles. The third kappa shape index (κ3) is 4.15. The highest BCUT2D eigenvalue weighted by molar-refractivity contribution is 7.89. The van der Waals surface area contributed by atoms with Crippen molar-refractivity contribution >= 4 is 21.7 Å². The van der Waals surface area contributed by atoms with Crippen molar-refractivity contribution in [1.29, 1.82) is 0 Å². The Hall–Kier alpha value is -1.73. The van der Waals surface area contributed by atoms with Crippen LogP contribution < -0.4 is 5.32 Å². The van der Waals surface area contributed by atoms with E-state index in [9.17, 15) is 18.0 Å². The van der Waals surface area contributed by atoms with E-state index in [1.54, 1.807) is 0 Å². The van der Waals surface area contributed by atoms with Gasteiger partial charge in [-0.2, -0.15) is 4.31 Å². The molecule has 0 radical (unpaired) electrons. The van der Waals surface area contributed by atoms with Gasteiger partial charge in [-0.3, -0.25) is 9.59 Å². The van der Waals surface area contributed by atoms with Crippen LogP contribution in [0.5, 0.6) is 0 Å². The van der Waals surface area contributed by atoms with Crippen LogP contribution in [0.2, 0.25) is 0 Å². The van der Waals surface area contributed by atoms with E-state index in [1.807, 2.05) is 6.92 Å². The molecule has 3 rings (SSSR count). The van der Waals surface area contributed by atoms with Gasteiger partial charge < -0.3 is 5.32 Å². The van der Waals surface area contributed by atoms with E-state index < -0.39 is 10.0 Å². The molecule has 1 amide bonds. The number of benzene rings is 1. The average molecular weight is 378 g/mol. The molecule has 2 fully saturated rings. The molecule has 7 heteroatoms. The summed E-state index contributed by atoms with van der Waals surface area (Å²) in [6, 6.07) is 6.23. The maximum Gasteiger partial charge on any atom is 0.243 e. The van der Waals surface area contributed by atoms with Crippen molar-refractivity contribution in [3.8, 4) is 0 Å². The van der Waals surface area contributed by atoms with Crippen LogP contribution in [-0.4, -0.2) is 43.5 Å². The molecule has 1 unspecified atom stereocenters. The van der Waals surface area contributed by atoms with Gasteiger partial charge in [0.2, 0.25) is 15.9 Å². The average Bonchev–Trinajstić information content (AvgIpc) is 3.47. The molecule has 1 aromatic rings. The number of amides is 1. The predicted molar refractivity (Wildman–Crippen MR) is 98.3 cm³/mol. The normalized spacial score (nSPS) is 20.5. The summed E-state index contributed by atoms with van der Waals surface area (Å²) in [5, 5.41) is 3.07. The Bertz CT molecular complexity index is 776. The number of rotatable bonds is 6. The molecule has 1 aliphatic carbocycles. The van der Waals surface area contributed by atoms with Gasteiger partial charge in [0.05, 0.1) is 4.90 Å². The number of hydrogen-bond acceptors (Lipinski definition) is 4. The molecule has 1 saturated carbocycles. The highest BCUT2D eigenvalue weighted by Gasteiger charge is 2.34. The van der Waals surface area contributed by atoms with Gasteiger partial charge in [-0.05, 0) is 57.6 Å². The largest absolute Gasteiger partial charge is 0.353 e. The van der Waals surface area contributed by atoms with Crippen molar-refractivity contribution in [2.24, 2.45) is 11.8 Å². The highest BCUT2D eigenvalue weighted by Crippen LogP contribution is 2.33. The maximum absolute atomic E-state index is 12.8. The Morgan fingerprint density at radius 2 is 1.65 bits per heavy atom. The predicted octanol–water partition coefficient (Wildman–Crippen LogP) is 2.20. The first-order chi connectivity index (χ1) is 12.3. The van der Waals surface area contributed by atoms with Gasteiger partial charge in [0, 0.05) is 30.6 Å². The van der Waals surface area contributed by atoms with Gasteiger partial charge in [-0.15, -0.1) is 0 Å². The second kappa shape index (κ2) is 7.48. The van der Waals surface area contributed by atoms with Gasteiger partial charge >= 0.3 is 0 Å². The zero-order chi connectivity index (χ0) is 18.9. The van der Waals surface area contributed by atoms with Crippen LogP contribution in [0.15, 0.2) is 29.2 Å². The van der Waals surface area contributed by atoms with Gasteiger partial charge in [-0.25, -0.2) is 8.42 Å². The molecule has 0 aromatic heterocycles. The number of piperidine rings is 1. The van der Waals surface area contributed by atoms with Crippen LogP contribution in [0.4, 0.5) is 0 Å². The van der Waals surface area contributed by atoms with Gasteiger partial charge in [0.25, 0.3) is 0 Å². The quantitative estimate of drug-likeness (QED) is 0.769. The minimum absolute atomic E-state index is 0.0484. The molecule has 2 aliphatic rings. The zero-order valence-electron chi connectivity index (χ0n) is 15.3. The summed E-state index contributed by atoms with van der Waals surface area (Å²) >= 11 is 0. The first-order valence-electron chi connectivity index (χ1n) is 9.20. The second-order valence-electron chi connectivity index (χ2n) is 7.39. The van der Waals surface area contributed by atoms with E-state index in [0.717, 1.165) is 0 Å². The van der Waals surface area contributed by atoms with Crippen molar-refractivity contribution < 1.29 is 18.0 Å². The first-order valence-corrected chi connectivity index (χ1v) is 10.6. The van der Waals surface area contributed by atoms with Crippen molar-refractivity contribution in [2.75, 3.05) is 13.1 Å². The minimum Gasteiger partial charge on any atom is -0.353 e. The SMILES string of the molecule is CC(=O)c1ccc(S(=O)(=O)N2CCC(C(=O)NC(C)C3CC3)CC2)cc1. The molecule has 6 nitrogen and oxygen atoms in total. The second-order valence-corrected chi connectivity index (χ2v) is 9.33. The summed E-state index contributed by atoms with van der Waals surface area (Å²) in [4.78, 5) is 23.9. The summed E-state index contributed by atoms with van der Waals surface area (Å²) in [7, 11) is -3.59. The molecule has 0 bridgehead atoms. The van der Waals surface area contributed by atoms with E-state index in [-0.39, 0.29) is 28.5 Å². The van der Waals surface area contributed by atoms with E-state index >= 15 is 0 Å². The van der Waals surface area contributed by atoms with E-state index in [4.69, 9.17) is 0 Å². The third-order valence-electron chi connectivity index (χ3n) is 5.42. The number of carbonyl (C=O) groups is 2. The Kier molecular flexibility index (Phi) is 5.48. The number of carbonyl (C=O) groups excluding carboxylic acids is 2. The van der Waals surface area contributed by atoms with Crippen LogP contribution in [0.25, 0.3) is 0 Å².